The highest BCUT2D eigenvalue weighted by molar-refractivity contribution is 5.96. The number of hydrogen-bond donors (Lipinski definition) is 1. The second kappa shape index (κ2) is 11.8. The van der Waals surface area contributed by atoms with Gasteiger partial charge in [-0.3, -0.25) is 9.59 Å². The van der Waals surface area contributed by atoms with Crippen molar-refractivity contribution in [1.82, 2.24) is 14.8 Å². The van der Waals surface area contributed by atoms with Crippen LogP contribution in [-0.2, 0) is 10.4 Å². The fraction of sp³-hybridized carbons (Fsp3) is 0.481. The first kappa shape index (κ1) is 28.9. The highest BCUT2D eigenvalue weighted by Crippen LogP contribution is 2.40. The molecule has 8 nitrogen and oxygen atoms in total. The smallest absolute Gasteiger partial charge is 0.369 e. The van der Waals surface area contributed by atoms with Crippen LogP contribution in [0.25, 0.3) is 0 Å². The van der Waals surface area contributed by atoms with Crippen molar-refractivity contribution < 1.29 is 27.9 Å². The minimum Gasteiger partial charge on any atom is -0.369 e. The van der Waals surface area contributed by atoms with Gasteiger partial charge in [0.1, 0.15) is 11.9 Å². The van der Waals surface area contributed by atoms with Crippen molar-refractivity contribution in [2.75, 3.05) is 45.7 Å². The monoisotopic (exact) mass is 531 g/mol. The third-order valence-electron chi connectivity index (χ3n) is 6.93. The van der Waals surface area contributed by atoms with Gasteiger partial charge in [0.25, 0.3) is 17.4 Å². The van der Waals surface area contributed by atoms with Gasteiger partial charge in [0, 0.05) is 46.3 Å². The van der Waals surface area contributed by atoms with Crippen molar-refractivity contribution in [2.45, 2.75) is 37.5 Å². The SMILES string of the molecule is CN(C)C(=O)c1ccc(N2CCC(CCCN(C)C(=O)C(O)(c3ccccc3)C(F)(F)F)CC2)nc1C#N. The number of piperidine rings is 1. The molecular formula is C27H32F3N5O3. The van der Waals surface area contributed by atoms with Gasteiger partial charge in [0.15, 0.2) is 5.69 Å². The van der Waals surface area contributed by atoms with Crippen LogP contribution in [0.5, 0.6) is 0 Å². The third-order valence-corrected chi connectivity index (χ3v) is 6.93. The lowest BCUT2D eigenvalue weighted by Crippen LogP contribution is -2.55. The number of aliphatic hydroxyl groups is 1. The number of amides is 2. The topological polar surface area (TPSA) is 101 Å². The second-order valence-electron chi connectivity index (χ2n) is 9.75. The van der Waals surface area contributed by atoms with Crippen molar-refractivity contribution in [3.63, 3.8) is 0 Å². The molecule has 1 aliphatic rings. The summed E-state index contributed by atoms with van der Waals surface area (Å²) in [6, 6.07) is 11.7. The summed E-state index contributed by atoms with van der Waals surface area (Å²) in [6.45, 7) is 1.44. The van der Waals surface area contributed by atoms with Crippen LogP contribution in [0.2, 0.25) is 0 Å². The van der Waals surface area contributed by atoms with Crippen molar-refractivity contribution in [3.05, 3.63) is 59.3 Å². The van der Waals surface area contributed by atoms with Crippen LogP contribution in [0.3, 0.4) is 0 Å². The van der Waals surface area contributed by atoms with E-state index in [0.717, 1.165) is 29.9 Å². The van der Waals surface area contributed by atoms with E-state index >= 15 is 0 Å². The molecule has 1 N–H and O–H groups in total. The normalized spacial score (nSPS) is 15.9. The molecule has 11 heteroatoms. The Morgan fingerprint density at radius 3 is 2.29 bits per heavy atom. The number of pyridine rings is 1. The number of hydrogen-bond acceptors (Lipinski definition) is 6. The van der Waals surface area contributed by atoms with Gasteiger partial charge < -0.3 is 19.8 Å². The molecular weight excluding hydrogens is 499 g/mol. The maximum atomic E-state index is 13.8. The molecule has 204 valence electrons. The molecule has 0 radical (unpaired) electrons. The predicted molar refractivity (Wildman–Crippen MR) is 135 cm³/mol. The van der Waals surface area contributed by atoms with Crippen LogP contribution in [-0.4, -0.2) is 78.7 Å². The van der Waals surface area contributed by atoms with Crippen LogP contribution in [0.1, 0.15) is 47.3 Å². The molecule has 1 saturated heterocycles. The molecule has 38 heavy (non-hydrogen) atoms. The largest absolute Gasteiger partial charge is 0.430 e. The van der Waals surface area contributed by atoms with Crippen molar-refractivity contribution in [2.24, 2.45) is 5.92 Å². The average Bonchev–Trinajstić information content (AvgIpc) is 2.91. The number of benzene rings is 1. The first-order chi connectivity index (χ1) is 17.9. The molecule has 2 amide bonds. The van der Waals surface area contributed by atoms with Crippen molar-refractivity contribution in [3.8, 4) is 6.07 Å². The Morgan fingerprint density at radius 1 is 1.11 bits per heavy atom. The zero-order chi connectivity index (χ0) is 28.1. The molecule has 1 unspecified atom stereocenters. The number of rotatable bonds is 8. The molecule has 2 aromatic rings. The molecule has 1 aliphatic heterocycles. The maximum absolute atomic E-state index is 13.8. The molecule has 0 aliphatic carbocycles. The number of nitrogens with zero attached hydrogens (tertiary/aromatic N) is 5. The number of carbonyl (C=O) groups is 2. The van der Waals surface area contributed by atoms with E-state index in [4.69, 9.17) is 0 Å². The summed E-state index contributed by atoms with van der Waals surface area (Å²) in [5.41, 5.74) is -3.79. The lowest BCUT2D eigenvalue weighted by atomic mass is 9.90. The molecule has 3 rings (SSSR count). The van der Waals surface area contributed by atoms with Gasteiger partial charge in [-0.05, 0) is 43.7 Å². The Hall–Kier alpha value is -3.65. The van der Waals surface area contributed by atoms with Gasteiger partial charge in [0.2, 0.25) is 0 Å². The van der Waals surface area contributed by atoms with Crippen LogP contribution >= 0.6 is 0 Å². The fourth-order valence-electron chi connectivity index (χ4n) is 4.66. The molecule has 0 spiro atoms. The van der Waals surface area contributed by atoms with Gasteiger partial charge in [-0.1, -0.05) is 30.3 Å². The maximum Gasteiger partial charge on any atom is 0.430 e. The van der Waals surface area contributed by atoms with Crippen molar-refractivity contribution in [1.29, 1.82) is 5.26 Å². The Morgan fingerprint density at radius 2 is 1.74 bits per heavy atom. The number of aromatic nitrogens is 1. The summed E-state index contributed by atoms with van der Waals surface area (Å²) >= 11 is 0. The standard InChI is InChI=1S/C27H32F3N5O3/c1-33(2)24(36)21-11-12-23(32-22(21)18-31)35-16-13-19(14-17-35)8-7-15-34(3)25(37)26(38,27(28,29)30)20-9-5-4-6-10-20/h4-6,9-12,19,38H,7-8,13-17H2,1-3H3. The Bertz CT molecular complexity index is 1170. The summed E-state index contributed by atoms with van der Waals surface area (Å²) < 4.78 is 41.4. The number of likely N-dealkylation sites (N-methyl/N-ethyl adjacent to an activating group) is 1. The summed E-state index contributed by atoms with van der Waals surface area (Å²) in [7, 11) is 4.49. The zero-order valence-electron chi connectivity index (χ0n) is 21.7. The molecule has 2 heterocycles. The van der Waals surface area contributed by atoms with Crippen LogP contribution in [0, 0.1) is 17.2 Å². The van der Waals surface area contributed by atoms with E-state index in [-0.39, 0.29) is 23.7 Å². The van der Waals surface area contributed by atoms with E-state index in [0.29, 0.717) is 37.7 Å². The molecule has 1 atom stereocenters. The Labute approximate surface area is 220 Å². The second-order valence-corrected chi connectivity index (χ2v) is 9.75. The van der Waals surface area contributed by atoms with E-state index in [9.17, 15) is 33.1 Å². The highest BCUT2D eigenvalue weighted by atomic mass is 19.4. The van der Waals surface area contributed by atoms with Crippen LogP contribution < -0.4 is 4.90 Å². The minimum absolute atomic E-state index is 0.0744. The number of carbonyl (C=O) groups excluding carboxylic acids is 2. The van der Waals surface area contributed by atoms with E-state index in [1.165, 1.54) is 30.1 Å². The number of anilines is 1. The molecule has 0 bridgehead atoms. The number of halogens is 3. The minimum atomic E-state index is -5.16. The van der Waals surface area contributed by atoms with Gasteiger partial charge in [-0.2, -0.15) is 18.4 Å². The van der Waals surface area contributed by atoms with E-state index in [2.05, 4.69) is 4.98 Å². The van der Waals surface area contributed by atoms with Gasteiger partial charge in [0.05, 0.1) is 5.56 Å². The summed E-state index contributed by atoms with van der Waals surface area (Å²) in [6.07, 6.45) is -2.32. The first-order valence-corrected chi connectivity index (χ1v) is 12.4. The molecule has 0 saturated carbocycles. The fourth-order valence-corrected chi connectivity index (χ4v) is 4.66. The van der Waals surface area contributed by atoms with E-state index in [1.807, 2.05) is 11.0 Å². The number of nitriles is 1. The third kappa shape index (κ3) is 6.07. The first-order valence-electron chi connectivity index (χ1n) is 12.4. The van der Waals surface area contributed by atoms with Crippen LogP contribution in [0.4, 0.5) is 19.0 Å². The highest BCUT2D eigenvalue weighted by Gasteiger charge is 2.61. The number of alkyl halides is 3. The average molecular weight is 532 g/mol. The Balaban J connectivity index is 1.54. The molecule has 1 aromatic heterocycles. The van der Waals surface area contributed by atoms with Gasteiger partial charge >= 0.3 is 6.18 Å². The summed E-state index contributed by atoms with van der Waals surface area (Å²) in [4.78, 5) is 33.7. The van der Waals surface area contributed by atoms with E-state index < -0.39 is 23.2 Å². The lowest BCUT2D eigenvalue weighted by molar-refractivity contribution is -0.261. The lowest BCUT2D eigenvalue weighted by Gasteiger charge is -2.34. The van der Waals surface area contributed by atoms with Crippen molar-refractivity contribution >= 4 is 17.6 Å². The quantitative estimate of drug-likeness (QED) is 0.559. The summed E-state index contributed by atoms with van der Waals surface area (Å²) in [5, 5.41) is 19.9. The summed E-state index contributed by atoms with van der Waals surface area (Å²) in [5.74, 6) is -0.759. The van der Waals surface area contributed by atoms with Crippen LogP contribution in [0.15, 0.2) is 42.5 Å². The molecule has 1 fully saturated rings. The predicted octanol–water partition coefficient (Wildman–Crippen LogP) is 3.56. The molecule has 1 aromatic carbocycles. The van der Waals surface area contributed by atoms with Gasteiger partial charge in [-0.15, -0.1) is 0 Å². The van der Waals surface area contributed by atoms with Gasteiger partial charge in [-0.25, -0.2) is 4.98 Å². The van der Waals surface area contributed by atoms with E-state index in [1.54, 1.807) is 26.2 Å². The zero-order valence-corrected chi connectivity index (χ0v) is 21.7. The Kier molecular flexibility index (Phi) is 8.99.